The molecule has 4 heterocycles. The third-order valence-corrected chi connectivity index (χ3v) is 6.22. The number of hydrogen-bond donors (Lipinski definition) is 0. The van der Waals surface area contributed by atoms with Gasteiger partial charge in [-0.25, -0.2) is 9.97 Å². The minimum atomic E-state index is 0.00476. The Kier molecular flexibility index (Phi) is 4.26. The van der Waals surface area contributed by atoms with E-state index in [9.17, 15) is 4.79 Å². The largest absolute Gasteiger partial charge is 0.374 e. The van der Waals surface area contributed by atoms with Crippen molar-refractivity contribution in [2.24, 2.45) is 0 Å². The summed E-state index contributed by atoms with van der Waals surface area (Å²) < 4.78 is 7.16. The second kappa shape index (κ2) is 6.90. The van der Waals surface area contributed by atoms with Gasteiger partial charge in [0, 0.05) is 19.6 Å². The summed E-state index contributed by atoms with van der Waals surface area (Å²) in [5.74, 6) is 1.11. The van der Waals surface area contributed by atoms with Crippen LogP contribution >= 0.6 is 11.3 Å². The molecule has 2 aromatic heterocycles. The normalized spacial score (nSPS) is 22.9. The molecule has 1 amide bonds. The smallest absolute Gasteiger partial charge is 0.225 e. The number of rotatable bonds is 3. The predicted molar refractivity (Wildman–Crippen MR) is 105 cm³/mol. The third kappa shape index (κ3) is 3.07. The molecule has 1 aromatic carbocycles. The van der Waals surface area contributed by atoms with Crippen molar-refractivity contribution >= 4 is 33.3 Å². The third-order valence-electron chi connectivity index (χ3n) is 5.33. The molecule has 2 aliphatic rings. The molecule has 0 saturated carbocycles. The van der Waals surface area contributed by atoms with Gasteiger partial charge in [-0.3, -0.25) is 4.79 Å². The Morgan fingerprint density at radius 3 is 2.93 bits per heavy atom. The molecule has 0 spiro atoms. The summed E-state index contributed by atoms with van der Waals surface area (Å²) in [5.41, 5.74) is 2.11. The number of carbonyl (C=O) groups is 1. The predicted octanol–water partition coefficient (Wildman–Crippen LogP) is 2.70. The Balaban J connectivity index is 1.45. The van der Waals surface area contributed by atoms with Crippen molar-refractivity contribution in [3.05, 3.63) is 53.7 Å². The summed E-state index contributed by atoms with van der Waals surface area (Å²) in [6.45, 7) is 2.58. The highest BCUT2D eigenvalue weighted by Crippen LogP contribution is 2.33. The average molecular weight is 380 g/mol. The highest BCUT2D eigenvalue weighted by molar-refractivity contribution is 7.17. The standard InChI is InChI=1S/C20H20N4O2S/c25-18-6-8-26-17-12-23(20-19-15(7-9-27-19)21-13-22-20)11-16(17)24(18)10-14-4-2-1-3-5-14/h1-5,7,9,13,16-17H,6,8,10-12H2/t16-,17-/m0/s1. The summed E-state index contributed by atoms with van der Waals surface area (Å²) >= 11 is 1.65. The quantitative estimate of drug-likeness (QED) is 0.699. The number of anilines is 1. The molecule has 7 heteroatoms. The SMILES string of the molecule is O=C1CCO[C@H]2CN(c3ncnc4ccsc34)C[C@@H]2N1Cc1ccccc1. The molecule has 5 rings (SSSR count). The Morgan fingerprint density at radius 2 is 2.04 bits per heavy atom. The minimum Gasteiger partial charge on any atom is -0.374 e. The minimum absolute atomic E-state index is 0.00476. The Bertz CT molecular complexity index is 961. The van der Waals surface area contributed by atoms with E-state index < -0.39 is 0 Å². The van der Waals surface area contributed by atoms with Gasteiger partial charge in [-0.1, -0.05) is 30.3 Å². The van der Waals surface area contributed by atoms with Gasteiger partial charge in [0.1, 0.15) is 12.1 Å². The van der Waals surface area contributed by atoms with Crippen molar-refractivity contribution < 1.29 is 9.53 Å². The monoisotopic (exact) mass is 380 g/mol. The maximum atomic E-state index is 12.8. The number of nitrogens with zero attached hydrogens (tertiary/aromatic N) is 4. The highest BCUT2D eigenvalue weighted by atomic mass is 32.1. The molecule has 27 heavy (non-hydrogen) atoms. The van der Waals surface area contributed by atoms with Crippen LogP contribution in [-0.2, 0) is 16.1 Å². The van der Waals surface area contributed by atoms with Crippen molar-refractivity contribution in [1.82, 2.24) is 14.9 Å². The van der Waals surface area contributed by atoms with E-state index in [4.69, 9.17) is 4.74 Å². The molecule has 0 aliphatic carbocycles. The molecular weight excluding hydrogens is 360 g/mol. The van der Waals surface area contributed by atoms with Gasteiger partial charge in [-0.2, -0.15) is 0 Å². The fourth-order valence-corrected chi connectivity index (χ4v) is 4.87. The maximum Gasteiger partial charge on any atom is 0.225 e. The number of ether oxygens (including phenoxy) is 1. The number of thiophene rings is 1. The van der Waals surface area contributed by atoms with Crippen LogP contribution < -0.4 is 4.90 Å². The number of benzene rings is 1. The van der Waals surface area contributed by atoms with Crippen LogP contribution in [0.4, 0.5) is 5.82 Å². The van der Waals surface area contributed by atoms with Gasteiger partial charge in [-0.05, 0) is 17.0 Å². The highest BCUT2D eigenvalue weighted by Gasteiger charge is 2.42. The Morgan fingerprint density at radius 1 is 1.15 bits per heavy atom. The number of fused-ring (bicyclic) bond motifs is 2. The molecule has 138 valence electrons. The van der Waals surface area contributed by atoms with Crippen LogP contribution in [0.15, 0.2) is 48.1 Å². The van der Waals surface area contributed by atoms with E-state index >= 15 is 0 Å². The first-order valence-corrected chi connectivity index (χ1v) is 10.1. The van der Waals surface area contributed by atoms with Gasteiger partial charge in [0.25, 0.3) is 0 Å². The number of aromatic nitrogens is 2. The molecule has 2 aliphatic heterocycles. The first-order valence-electron chi connectivity index (χ1n) is 9.18. The van der Waals surface area contributed by atoms with E-state index in [0.29, 0.717) is 19.6 Å². The molecule has 2 fully saturated rings. The van der Waals surface area contributed by atoms with Crippen molar-refractivity contribution in [1.29, 1.82) is 0 Å². The lowest BCUT2D eigenvalue weighted by molar-refractivity contribution is -0.133. The molecule has 2 saturated heterocycles. The lowest BCUT2D eigenvalue weighted by Crippen LogP contribution is -2.45. The Hall–Kier alpha value is -2.51. The fourth-order valence-electron chi connectivity index (χ4n) is 4.01. The zero-order valence-corrected chi connectivity index (χ0v) is 15.6. The van der Waals surface area contributed by atoms with Crippen LogP contribution in [0.5, 0.6) is 0 Å². The van der Waals surface area contributed by atoms with Crippen LogP contribution in [0.1, 0.15) is 12.0 Å². The fraction of sp³-hybridized carbons (Fsp3) is 0.350. The van der Waals surface area contributed by atoms with E-state index in [2.05, 4.69) is 27.0 Å². The summed E-state index contributed by atoms with van der Waals surface area (Å²) in [7, 11) is 0. The van der Waals surface area contributed by atoms with Crippen LogP contribution in [-0.4, -0.2) is 52.6 Å². The molecule has 0 radical (unpaired) electrons. The van der Waals surface area contributed by atoms with Gasteiger partial charge in [0.05, 0.1) is 35.4 Å². The van der Waals surface area contributed by atoms with Crippen molar-refractivity contribution in [2.75, 3.05) is 24.6 Å². The van der Waals surface area contributed by atoms with Gasteiger partial charge in [0.15, 0.2) is 0 Å². The van der Waals surface area contributed by atoms with Gasteiger partial charge in [0.2, 0.25) is 5.91 Å². The van der Waals surface area contributed by atoms with Crippen LogP contribution in [0.3, 0.4) is 0 Å². The first kappa shape index (κ1) is 16.6. The number of amides is 1. The first-order chi connectivity index (χ1) is 13.3. The van der Waals surface area contributed by atoms with E-state index in [0.717, 1.165) is 34.7 Å². The van der Waals surface area contributed by atoms with E-state index in [1.807, 2.05) is 34.5 Å². The van der Waals surface area contributed by atoms with Gasteiger partial charge >= 0.3 is 0 Å². The van der Waals surface area contributed by atoms with E-state index in [-0.39, 0.29) is 18.1 Å². The summed E-state index contributed by atoms with van der Waals surface area (Å²) in [4.78, 5) is 25.9. The molecule has 6 nitrogen and oxygen atoms in total. The second-order valence-electron chi connectivity index (χ2n) is 6.97. The Labute approximate surface area is 161 Å². The molecule has 0 N–H and O–H groups in total. The van der Waals surface area contributed by atoms with Gasteiger partial charge < -0.3 is 14.5 Å². The average Bonchev–Trinajstić information content (AvgIpc) is 3.31. The zero-order valence-electron chi connectivity index (χ0n) is 14.8. The topological polar surface area (TPSA) is 58.6 Å². The molecule has 0 unspecified atom stereocenters. The van der Waals surface area contributed by atoms with Crippen LogP contribution in [0.2, 0.25) is 0 Å². The van der Waals surface area contributed by atoms with Crippen molar-refractivity contribution in [3.63, 3.8) is 0 Å². The summed E-state index contributed by atoms with van der Waals surface area (Å²) in [5, 5.41) is 2.04. The number of carbonyl (C=O) groups excluding carboxylic acids is 1. The van der Waals surface area contributed by atoms with E-state index in [1.54, 1.807) is 17.7 Å². The lowest BCUT2D eigenvalue weighted by Gasteiger charge is -2.29. The number of hydrogen-bond acceptors (Lipinski definition) is 6. The summed E-state index contributed by atoms with van der Waals surface area (Å²) in [6.07, 6.45) is 2.07. The second-order valence-corrected chi connectivity index (χ2v) is 7.89. The molecule has 0 bridgehead atoms. The van der Waals surface area contributed by atoms with Crippen molar-refractivity contribution in [2.45, 2.75) is 25.1 Å². The van der Waals surface area contributed by atoms with Crippen LogP contribution in [0, 0.1) is 0 Å². The van der Waals surface area contributed by atoms with Gasteiger partial charge in [-0.15, -0.1) is 11.3 Å². The summed E-state index contributed by atoms with van der Waals surface area (Å²) in [6, 6.07) is 12.2. The van der Waals surface area contributed by atoms with Crippen LogP contribution in [0.25, 0.3) is 10.2 Å². The molecule has 3 aromatic rings. The molecular formula is C20H20N4O2S. The lowest BCUT2D eigenvalue weighted by atomic mass is 10.1. The van der Waals surface area contributed by atoms with Crippen molar-refractivity contribution in [3.8, 4) is 0 Å². The molecule has 2 atom stereocenters. The zero-order chi connectivity index (χ0) is 18.2. The maximum absolute atomic E-state index is 12.8. The van der Waals surface area contributed by atoms with E-state index in [1.165, 1.54) is 0 Å².